The van der Waals surface area contributed by atoms with Gasteiger partial charge in [0.2, 0.25) is 5.91 Å². The van der Waals surface area contributed by atoms with Crippen LogP contribution in [0.5, 0.6) is 0 Å². The van der Waals surface area contributed by atoms with Gasteiger partial charge in [-0.3, -0.25) is 4.79 Å². The molecule has 2 heterocycles. The summed E-state index contributed by atoms with van der Waals surface area (Å²) in [5, 5.41) is 7.82. The maximum Gasteiger partial charge on any atom is 0.230 e. The molecule has 0 fully saturated rings. The summed E-state index contributed by atoms with van der Waals surface area (Å²) >= 11 is 1.84. The standard InChI is InChI=1S/C17H21N3OS/c1-11-6-5-7-12(8-11)20-15(18-16(21)17(2,3)4)13-9-22-10-14(13)19-20/h5-8H,9-10H2,1-4H3,(H,18,21). The number of carbonyl (C=O) groups excluding carboxylic acids is 1. The lowest BCUT2D eigenvalue weighted by molar-refractivity contribution is -0.123. The Morgan fingerprint density at radius 3 is 2.77 bits per heavy atom. The van der Waals surface area contributed by atoms with E-state index in [9.17, 15) is 4.79 Å². The molecular formula is C17H21N3OS. The lowest BCUT2D eigenvalue weighted by Crippen LogP contribution is -2.29. The summed E-state index contributed by atoms with van der Waals surface area (Å²) in [5.74, 6) is 2.65. The predicted molar refractivity (Wildman–Crippen MR) is 91.4 cm³/mol. The summed E-state index contributed by atoms with van der Waals surface area (Å²) in [7, 11) is 0. The minimum Gasteiger partial charge on any atom is -0.310 e. The minimum absolute atomic E-state index is 0.0148. The fourth-order valence-electron chi connectivity index (χ4n) is 2.38. The third kappa shape index (κ3) is 2.77. The average Bonchev–Trinajstić information content (AvgIpc) is 3.00. The van der Waals surface area contributed by atoms with Gasteiger partial charge < -0.3 is 5.32 Å². The number of amides is 1. The molecule has 1 N–H and O–H groups in total. The summed E-state index contributed by atoms with van der Waals surface area (Å²) in [6.45, 7) is 7.82. The third-order valence-electron chi connectivity index (χ3n) is 3.71. The molecule has 0 bridgehead atoms. The Bertz CT molecular complexity index is 728. The Hall–Kier alpha value is -1.75. The van der Waals surface area contributed by atoms with Gasteiger partial charge in [0, 0.05) is 22.5 Å². The van der Waals surface area contributed by atoms with Crippen LogP contribution >= 0.6 is 11.8 Å². The van der Waals surface area contributed by atoms with Gasteiger partial charge in [0.05, 0.1) is 11.4 Å². The van der Waals surface area contributed by atoms with Crippen LogP contribution in [-0.4, -0.2) is 15.7 Å². The van der Waals surface area contributed by atoms with Gasteiger partial charge in [-0.15, -0.1) is 0 Å². The van der Waals surface area contributed by atoms with E-state index in [4.69, 9.17) is 5.10 Å². The topological polar surface area (TPSA) is 46.9 Å². The molecule has 1 amide bonds. The molecule has 0 radical (unpaired) electrons. The molecule has 4 nitrogen and oxygen atoms in total. The van der Waals surface area contributed by atoms with Gasteiger partial charge >= 0.3 is 0 Å². The molecule has 0 atom stereocenters. The van der Waals surface area contributed by atoms with Crippen molar-refractivity contribution in [1.29, 1.82) is 0 Å². The third-order valence-corrected chi connectivity index (χ3v) is 4.68. The molecular weight excluding hydrogens is 294 g/mol. The largest absolute Gasteiger partial charge is 0.310 e. The van der Waals surface area contributed by atoms with Crippen LogP contribution in [0.2, 0.25) is 0 Å². The van der Waals surface area contributed by atoms with Gasteiger partial charge in [-0.1, -0.05) is 32.9 Å². The predicted octanol–water partition coefficient (Wildman–Crippen LogP) is 3.91. The van der Waals surface area contributed by atoms with Crippen LogP contribution < -0.4 is 5.32 Å². The number of anilines is 1. The highest BCUT2D eigenvalue weighted by Gasteiger charge is 2.28. The van der Waals surface area contributed by atoms with Crippen LogP contribution in [0.4, 0.5) is 5.82 Å². The lowest BCUT2D eigenvalue weighted by atomic mass is 9.95. The molecule has 3 rings (SSSR count). The Morgan fingerprint density at radius 1 is 1.32 bits per heavy atom. The van der Waals surface area contributed by atoms with Crippen LogP contribution in [0.3, 0.4) is 0 Å². The Balaban J connectivity index is 2.06. The molecule has 0 saturated carbocycles. The summed E-state index contributed by atoms with van der Waals surface area (Å²) in [6, 6.07) is 8.18. The second kappa shape index (κ2) is 5.47. The van der Waals surface area contributed by atoms with Crippen molar-refractivity contribution >= 4 is 23.5 Å². The minimum atomic E-state index is -0.430. The van der Waals surface area contributed by atoms with Crippen molar-refractivity contribution in [2.24, 2.45) is 5.41 Å². The molecule has 0 aliphatic carbocycles. The zero-order valence-corrected chi connectivity index (χ0v) is 14.3. The van der Waals surface area contributed by atoms with Gasteiger partial charge in [-0.2, -0.15) is 16.9 Å². The first kappa shape index (κ1) is 15.2. The molecule has 1 aliphatic heterocycles. The molecule has 22 heavy (non-hydrogen) atoms. The van der Waals surface area contributed by atoms with Crippen molar-refractivity contribution in [3.8, 4) is 5.69 Å². The number of nitrogens with one attached hydrogen (secondary N) is 1. The van der Waals surface area contributed by atoms with E-state index in [1.54, 1.807) is 0 Å². The number of fused-ring (bicyclic) bond motifs is 1. The van der Waals surface area contributed by atoms with Crippen molar-refractivity contribution < 1.29 is 4.79 Å². The van der Waals surface area contributed by atoms with E-state index in [1.807, 2.05) is 49.3 Å². The first-order chi connectivity index (χ1) is 10.4. The summed E-state index contributed by atoms with van der Waals surface area (Å²) < 4.78 is 1.88. The van der Waals surface area contributed by atoms with E-state index in [-0.39, 0.29) is 5.91 Å². The fraction of sp³-hybridized carbons (Fsp3) is 0.412. The average molecular weight is 315 g/mol. The second-order valence-electron chi connectivity index (χ2n) is 6.72. The molecule has 1 aromatic carbocycles. The number of carbonyl (C=O) groups is 1. The Labute approximate surface area is 135 Å². The number of hydrogen-bond donors (Lipinski definition) is 1. The Morgan fingerprint density at radius 2 is 2.09 bits per heavy atom. The van der Waals surface area contributed by atoms with E-state index in [2.05, 4.69) is 24.4 Å². The van der Waals surface area contributed by atoms with Crippen molar-refractivity contribution in [3.05, 3.63) is 41.1 Å². The van der Waals surface area contributed by atoms with E-state index >= 15 is 0 Å². The highest BCUT2D eigenvalue weighted by Crippen LogP contribution is 2.36. The molecule has 116 valence electrons. The van der Waals surface area contributed by atoms with E-state index in [0.29, 0.717) is 0 Å². The van der Waals surface area contributed by atoms with Crippen LogP contribution in [0, 0.1) is 12.3 Å². The van der Waals surface area contributed by atoms with Crippen LogP contribution in [0.1, 0.15) is 37.6 Å². The van der Waals surface area contributed by atoms with Crippen molar-refractivity contribution in [2.45, 2.75) is 39.2 Å². The fourth-order valence-corrected chi connectivity index (χ4v) is 3.42. The molecule has 0 unspecified atom stereocenters. The summed E-state index contributed by atoms with van der Waals surface area (Å²) in [6.07, 6.45) is 0. The van der Waals surface area contributed by atoms with Crippen LogP contribution in [0.25, 0.3) is 5.69 Å². The number of aryl methyl sites for hydroxylation is 1. The molecule has 0 saturated heterocycles. The maximum atomic E-state index is 12.4. The second-order valence-corrected chi connectivity index (χ2v) is 7.71. The van der Waals surface area contributed by atoms with Crippen molar-refractivity contribution in [2.75, 3.05) is 5.32 Å². The van der Waals surface area contributed by atoms with E-state index < -0.39 is 5.41 Å². The normalized spacial score (nSPS) is 14.0. The molecule has 0 spiro atoms. The number of aromatic nitrogens is 2. The van der Waals surface area contributed by atoms with Crippen LogP contribution in [-0.2, 0) is 16.3 Å². The van der Waals surface area contributed by atoms with E-state index in [1.165, 1.54) is 5.56 Å². The zero-order valence-electron chi connectivity index (χ0n) is 13.4. The quantitative estimate of drug-likeness (QED) is 0.914. The number of benzene rings is 1. The Kier molecular flexibility index (Phi) is 3.77. The first-order valence-corrected chi connectivity index (χ1v) is 8.59. The van der Waals surface area contributed by atoms with Gasteiger partial charge in [0.15, 0.2) is 0 Å². The van der Waals surface area contributed by atoms with E-state index in [0.717, 1.165) is 34.3 Å². The van der Waals surface area contributed by atoms with Crippen LogP contribution in [0.15, 0.2) is 24.3 Å². The van der Waals surface area contributed by atoms with Gasteiger partial charge in [-0.05, 0) is 24.6 Å². The summed E-state index contributed by atoms with van der Waals surface area (Å²) in [5.41, 5.74) is 3.97. The van der Waals surface area contributed by atoms with Crippen molar-refractivity contribution in [3.63, 3.8) is 0 Å². The van der Waals surface area contributed by atoms with Crippen molar-refractivity contribution in [1.82, 2.24) is 9.78 Å². The summed E-state index contributed by atoms with van der Waals surface area (Å²) in [4.78, 5) is 12.4. The monoisotopic (exact) mass is 315 g/mol. The number of rotatable bonds is 2. The van der Waals surface area contributed by atoms with Gasteiger partial charge in [0.1, 0.15) is 5.82 Å². The number of hydrogen-bond acceptors (Lipinski definition) is 3. The zero-order chi connectivity index (χ0) is 15.9. The molecule has 1 aromatic heterocycles. The highest BCUT2D eigenvalue weighted by atomic mass is 32.2. The SMILES string of the molecule is Cc1cccc(-n2nc3c(c2NC(=O)C(C)(C)C)CSC3)c1. The lowest BCUT2D eigenvalue weighted by Gasteiger charge is -2.19. The maximum absolute atomic E-state index is 12.4. The van der Waals surface area contributed by atoms with Gasteiger partial charge in [-0.25, -0.2) is 4.68 Å². The first-order valence-electron chi connectivity index (χ1n) is 7.43. The highest BCUT2D eigenvalue weighted by molar-refractivity contribution is 7.98. The molecule has 2 aromatic rings. The molecule has 5 heteroatoms. The molecule has 1 aliphatic rings. The smallest absolute Gasteiger partial charge is 0.230 e. The van der Waals surface area contributed by atoms with Gasteiger partial charge in [0.25, 0.3) is 0 Å². The number of thioether (sulfide) groups is 1. The number of nitrogens with zero attached hydrogens (tertiary/aromatic N) is 2.